The lowest BCUT2D eigenvalue weighted by Gasteiger charge is -2.52. The van der Waals surface area contributed by atoms with E-state index >= 15 is 0 Å². The highest BCUT2D eigenvalue weighted by molar-refractivity contribution is 6.74. The van der Waals surface area contributed by atoms with Gasteiger partial charge in [-0.3, -0.25) is 4.90 Å². The van der Waals surface area contributed by atoms with Gasteiger partial charge in [0, 0.05) is 12.2 Å². The predicted octanol–water partition coefficient (Wildman–Crippen LogP) is 7.51. The minimum atomic E-state index is -2.25. The lowest BCUT2D eigenvalue weighted by Crippen LogP contribution is -2.50. The van der Waals surface area contributed by atoms with Crippen LogP contribution in [0.25, 0.3) is 0 Å². The Morgan fingerprint density at radius 3 is 2.21 bits per heavy atom. The maximum Gasteiger partial charge on any atom is 0.410 e. The third kappa shape index (κ3) is 7.36. The molecule has 1 amide bonds. The second-order valence-corrected chi connectivity index (χ2v) is 17.7. The summed E-state index contributed by atoms with van der Waals surface area (Å²) < 4.78 is 12.9. The smallest absolute Gasteiger partial charge is 0.410 e. The fourth-order valence-electron chi connectivity index (χ4n) is 4.48. The Kier molecular flexibility index (Phi) is 9.01. The number of halogens is 1. The second kappa shape index (κ2) is 11.4. The molecule has 1 aromatic heterocycles. The van der Waals surface area contributed by atoms with Gasteiger partial charge in [0.2, 0.25) is 0 Å². The van der Waals surface area contributed by atoms with Crippen LogP contribution in [0.2, 0.25) is 23.3 Å². The number of aromatic nitrogens is 1. The van der Waals surface area contributed by atoms with E-state index in [1.165, 1.54) is 0 Å². The molecular weight excluding hydrogens is 520 g/mol. The van der Waals surface area contributed by atoms with Gasteiger partial charge < -0.3 is 14.3 Å². The van der Waals surface area contributed by atoms with E-state index in [0.717, 1.165) is 24.0 Å². The molecule has 0 bridgehead atoms. The number of carboxylic acid groups (broad SMARTS) is 1. The van der Waals surface area contributed by atoms with Crippen molar-refractivity contribution in [3.8, 4) is 0 Å². The minimum absolute atomic E-state index is 0.0360. The molecule has 1 saturated heterocycles. The highest BCUT2D eigenvalue weighted by atomic mass is 35.5. The predicted molar refractivity (Wildman–Crippen MR) is 152 cm³/mol. The van der Waals surface area contributed by atoms with Gasteiger partial charge in [0.25, 0.3) is 0 Å². The molecule has 2 aromatic rings. The first-order valence-corrected chi connectivity index (χ1v) is 16.4. The number of carboxylic acids is 1. The molecule has 1 fully saturated rings. The summed E-state index contributed by atoms with van der Waals surface area (Å²) in [5.74, 6) is -0.963. The molecule has 0 aliphatic carbocycles. The zero-order valence-electron chi connectivity index (χ0n) is 23.7. The molecular formula is C29H41ClN2O5Si-. The average molecular weight is 561 g/mol. The number of aromatic carboxylic acids is 1. The molecule has 38 heavy (non-hydrogen) atoms. The first-order chi connectivity index (χ1) is 17.5. The van der Waals surface area contributed by atoms with Crippen LogP contribution in [0.5, 0.6) is 0 Å². The fraction of sp³-hybridized carbons (Fsp3) is 0.552. The van der Waals surface area contributed by atoms with Crippen molar-refractivity contribution >= 4 is 32.0 Å². The lowest BCUT2D eigenvalue weighted by atomic mass is 10.0. The number of nitrogens with zero attached hydrogens (tertiary/aromatic N) is 2. The molecule has 2 heterocycles. The van der Waals surface area contributed by atoms with Crippen LogP contribution in [0.1, 0.15) is 82.0 Å². The van der Waals surface area contributed by atoms with Crippen molar-refractivity contribution in [3.05, 3.63) is 64.4 Å². The van der Waals surface area contributed by atoms with E-state index in [4.69, 9.17) is 20.8 Å². The number of likely N-dealkylation sites (tertiary alicyclic amines) is 1. The topological polar surface area (TPSA) is 89.0 Å². The summed E-state index contributed by atoms with van der Waals surface area (Å²) in [5, 5.41) is 9.63. The lowest BCUT2D eigenvalue weighted by molar-refractivity contribution is -0.00244. The number of hydrogen-bond acceptors (Lipinski definition) is 5. The van der Waals surface area contributed by atoms with E-state index in [2.05, 4.69) is 38.8 Å². The Bertz CT molecular complexity index is 1120. The van der Waals surface area contributed by atoms with Crippen LogP contribution >= 0.6 is 11.6 Å². The van der Waals surface area contributed by atoms with Crippen LogP contribution in [-0.4, -0.2) is 53.1 Å². The van der Waals surface area contributed by atoms with Gasteiger partial charge in [0.15, 0.2) is 0 Å². The highest BCUT2D eigenvalue weighted by Crippen LogP contribution is 2.44. The summed E-state index contributed by atoms with van der Waals surface area (Å²) in [6.45, 7) is 16.6. The van der Waals surface area contributed by atoms with Crippen molar-refractivity contribution in [1.82, 2.24) is 9.88 Å². The van der Waals surface area contributed by atoms with Gasteiger partial charge in [-0.25, -0.2) is 14.6 Å². The van der Waals surface area contributed by atoms with E-state index in [0.29, 0.717) is 11.6 Å². The molecule has 3 atom stereocenters. The molecule has 209 valence electrons. The van der Waals surface area contributed by atoms with Crippen molar-refractivity contribution in [3.63, 3.8) is 0 Å². The largest absolute Gasteiger partial charge is 0.557 e. The van der Waals surface area contributed by atoms with Gasteiger partial charge in [-0.05, 0) is 77.7 Å². The van der Waals surface area contributed by atoms with Crippen LogP contribution in [0, 0.1) is 0 Å². The summed E-state index contributed by atoms with van der Waals surface area (Å²) in [6, 6.07) is 10.1. The van der Waals surface area contributed by atoms with Gasteiger partial charge in [0.05, 0.1) is 17.7 Å². The van der Waals surface area contributed by atoms with Crippen molar-refractivity contribution in [2.75, 3.05) is 0 Å². The van der Waals surface area contributed by atoms with Gasteiger partial charge in [0.1, 0.15) is 10.8 Å². The van der Waals surface area contributed by atoms with Crippen molar-refractivity contribution in [2.45, 2.75) is 103 Å². The Morgan fingerprint density at radius 2 is 1.71 bits per heavy atom. The fourth-order valence-corrected chi connectivity index (χ4v) is 5.88. The van der Waals surface area contributed by atoms with Gasteiger partial charge in [-0.15, -0.1) is 18.1 Å². The van der Waals surface area contributed by atoms with Crippen molar-refractivity contribution in [1.29, 1.82) is 0 Å². The molecule has 1 aromatic carbocycles. The molecule has 0 saturated carbocycles. The van der Waals surface area contributed by atoms with Crippen LogP contribution < -0.4 is 0 Å². The monoisotopic (exact) mass is 560 g/mol. The van der Waals surface area contributed by atoms with E-state index in [9.17, 15) is 14.7 Å². The number of ether oxygens (including phenoxy) is 1. The van der Waals surface area contributed by atoms with Gasteiger partial charge >= 0.3 is 12.1 Å². The normalized spacial score (nSPS) is 19.3. The molecule has 1 N–H and O–H groups in total. The number of pyridine rings is 1. The highest BCUT2D eigenvalue weighted by Gasteiger charge is 2.44. The molecule has 7 nitrogen and oxygen atoms in total. The number of benzene rings is 1. The van der Waals surface area contributed by atoms with E-state index in [-0.39, 0.29) is 28.8 Å². The van der Waals surface area contributed by atoms with Crippen LogP contribution in [0.3, 0.4) is 0 Å². The Labute approximate surface area is 232 Å². The molecule has 1 aliphatic rings. The zero-order valence-corrected chi connectivity index (χ0v) is 25.5. The molecule has 0 unspecified atom stereocenters. The third-order valence-corrected chi connectivity index (χ3v) is 12.2. The number of rotatable bonds is 7. The molecule has 0 spiro atoms. The SMILES string of the molecule is CC(C)(C)OC(=O)N1[C@H](Cc2ccc(C(=O)O)cc2)CC[C@@H]1[C@H](O[Si-](C)(C)C(C)(C)C)c1ccc(Cl)nc1. The first kappa shape index (κ1) is 30.1. The maximum absolute atomic E-state index is 13.7. The van der Waals surface area contributed by atoms with Crippen LogP contribution in [0.4, 0.5) is 4.79 Å². The maximum atomic E-state index is 13.7. The third-order valence-electron chi connectivity index (χ3n) is 7.48. The number of carbonyl (C=O) groups excluding carboxylic acids is 1. The van der Waals surface area contributed by atoms with E-state index < -0.39 is 26.0 Å². The molecule has 0 radical (unpaired) electrons. The van der Waals surface area contributed by atoms with E-state index in [1.807, 2.05) is 43.9 Å². The van der Waals surface area contributed by atoms with E-state index in [1.54, 1.807) is 24.4 Å². The van der Waals surface area contributed by atoms with Gasteiger partial charge in [-0.1, -0.05) is 50.6 Å². The zero-order chi connectivity index (χ0) is 28.5. The van der Waals surface area contributed by atoms with Gasteiger partial charge in [-0.2, -0.15) is 0 Å². The molecule has 9 heteroatoms. The summed E-state index contributed by atoms with van der Waals surface area (Å²) in [7, 11) is -2.25. The van der Waals surface area contributed by atoms with Crippen LogP contribution in [0.15, 0.2) is 42.6 Å². The summed E-state index contributed by atoms with van der Waals surface area (Å²) in [6.07, 6.45) is 3.06. The average Bonchev–Trinajstić information content (AvgIpc) is 3.20. The summed E-state index contributed by atoms with van der Waals surface area (Å²) in [4.78, 5) is 31.2. The summed E-state index contributed by atoms with van der Waals surface area (Å²) >= 11 is 6.11. The minimum Gasteiger partial charge on any atom is -0.557 e. The van der Waals surface area contributed by atoms with Crippen molar-refractivity contribution in [2.24, 2.45) is 0 Å². The first-order valence-electron chi connectivity index (χ1n) is 13.1. The second-order valence-electron chi connectivity index (χ2n) is 12.6. The number of carbonyl (C=O) groups is 2. The molecule has 3 rings (SSSR count). The number of hydrogen-bond donors (Lipinski definition) is 1. The Hall–Kier alpha value is -2.42. The summed E-state index contributed by atoms with van der Waals surface area (Å²) in [5.41, 5.74) is 1.42. The number of amides is 1. The van der Waals surface area contributed by atoms with Crippen molar-refractivity contribution < 1.29 is 23.9 Å². The Balaban J connectivity index is 2.01. The molecule has 1 aliphatic heterocycles. The standard InChI is InChI=1S/C29H41ClN2O5Si/c1-28(2,3)36-27(35)32-22(17-19-9-11-20(12-10-19)26(33)34)14-15-23(32)25(21-13-16-24(30)31-18-21)37-38(7,8)29(4,5)6/h9-13,16,18,22-23,25H,14-15,17H2,1-8H3,(H,33,34)/q-1/t22-,23+,25+/m0/s1. The van der Waals surface area contributed by atoms with Crippen LogP contribution in [-0.2, 0) is 15.6 Å². The quantitative estimate of drug-likeness (QED) is 0.278. The Morgan fingerprint density at radius 1 is 1.08 bits per heavy atom.